The number of pyridine rings is 1. The number of hydrogen-bond donors (Lipinski definition) is 3. The lowest BCUT2D eigenvalue weighted by Crippen LogP contribution is -2.48. The average Bonchev–Trinajstić information content (AvgIpc) is 2.46. The van der Waals surface area contributed by atoms with Crippen LogP contribution in [0.5, 0.6) is 0 Å². The Morgan fingerprint density at radius 3 is 2.57 bits per heavy atom. The monoisotopic (exact) mass is 293 g/mol. The zero-order chi connectivity index (χ0) is 15.5. The molecule has 1 aliphatic rings. The fourth-order valence-corrected chi connectivity index (χ4v) is 2.00. The molecule has 4 N–H and O–H groups in total. The number of morpholine rings is 1. The Morgan fingerprint density at radius 1 is 1.33 bits per heavy atom. The number of ether oxygens (including phenoxy) is 1. The number of nitrogens with two attached hydrogens (primary N) is 1. The van der Waals surface area contributed by atoms with Crippen molar-refractivity contribution in [3.63, 3.8) is 0 Å². The molecule has 21 heavy (non-hydrogen) atoms. The van der Waals surface area contributed by atoms with Gasteiger partial charge in [-0.15, -0.1) is 0 Å². The third-order valence-corrected chi connectivity index (χ3v) is 3.27. The van der Waals surface area contributed by atoms with Crippen LogP contribution < -0.4 is 16.7 Å². The van der Waals surface area contributed by atoms with Crippen LogP contribution in [0.2, 0.25) is 0 Å². The maximum absolute atomic E-state index is 12.4. The molecule has 0 radical (unpaired) electrons. The molecule has 0 aliphatic carbocycles. The Morgan fingerprint density at radius 2 is 2.00 bits per heavy atom. The van der Waals surface area contributed by atoms with E-state index in [0.717, 1.165) is 5.69 Å². The van der Waals surface area contributed by atoms with E-state index in [-0.39, 0.29) is 11.3 Å². The molecule has 1 saturated heterocycles. The number of rotatable bonds is 3. The number of aromatic nitrogens is 1. The molecule has 2 heterocycles. The standard InChI is InChI=1S/C14H23N5O2/c1-14(2,3)11-8-10(9-12(16-11)17-15)13(20)18-19-4-6-21-7-5-19/h8-9H,4-7,15H2,1-3H3,(H,16,17)(H,18,20). The molecule has 1 aliphatic heterocycles. The van der Waals surface area contributed by atoms with Crippen LogP contribution in [0, 0.1) is 0 Å². The zero-order valence-electron chi connectivity index (χ0n) is 12.8. The number of anilines is 1. The number of nitrogen functional groups attached to an aromatic ring is 1. The zero-order valence-corrected chi connectivity index (χ0v) is 12.8. The molecule has 0 aromatic carbocycles. The SMILES string of the molecule is CC(C)(C)c1cc(C(=O)NN2CCOCC2)cc(NN)n1. The first-order valence-electron chi connectivity index (χ1n) is 7.03. The van der Waals surface area contributed by atoms with Crippen LogP contribution >= 0.6 is 0 Å². The molecule has 1 amide bonds. The van der Waals surface area contributed by atoms with Crippen molar-refractivity contribution in [1.82, 2.24) is 15.4 Å². The highest BCUT2D eigenvalue weighted by Gasteiger charge is 2.20. The van der Waals surface area contributed by atoms with E-state index in [0.29, 0.717) is 37.7 Å². The van der Waals surface area contributed by atoms with Gasteiger partial charge in [-0.25, -0.2) is 15.8 Å². The van der Waals surface area contributed by atoms with Crippen LogP contribution in [0.15, 0.2) is 12.1 Å². The highest BCUT2D eigenvalue weighted by Crippen LogP contribution is 2.23. The lowest BCUT2D eigenvalue weighted by Gasteiger charge is -2.27. The fourth-order valence-electron chi connectivity index (χ4n) is 2.00. The number of carbonyl (C=O) groups excluding carboxylic acids is 1. The molecule has 0 saturated carbocycles. The van der Waals surface area contributed by atoms with Gasteiger partial charge in [-0.05, 0) is 12.1 Å². The van der Waals surface area contributed by atoms with E-state index in [1.54, 1.807) is 12.1 Å². The van der Waals surface area contributed by atoms with Crippen LogP contribution in [0.4, 0.5) is 5.82 Å². The van der Waals surface area contributed by atoms with Crippen LogP contribution in [-0.4, -0.2) is 42.2 Å². The van der Waals surface area contributed by atoms with E-state index in [1.165, 1.54) is 0 Å². The lowest BCUT2D eigenvalue weighted by molar-refractivity contribution is 0.0126. The van der Waals surface area contributed by atoms with E-state index in [2.05, 4.69) is 15.8 Å². The minimum absolute atomic E-state index is 0.165. The molecule has 1 aromatic heterocycles. The van der Waals surface area contributed by atoms with Gasteiger partial charge in [0.05, 0.1) is 13.2 Å². The van der Waals surface area contributed by atoms with Gasteiger partial charge in [0, 0.05) is 29.8 Å². The normalized spacial score (nSPS) is 16.6. The third kappa shape index (κ3) is 4.13. The summed E-state index contributed by atoms with van der Waals surface area (Å²) in [6.07, 6.45) is 0. The highest BCUT2D eigenvalue weighted by molar-refractivity contribution is 5.94. The van der Waals surface area contributed by atoms with E-state index >= 15 is 0 Å². The van der Waals surface area contributed by atoms with Gasteiger partial charge >= 0.3 is 0 Å². The summed E-state index contributed by atoms with van der Waals surface area (Å²) in [5.74, 6) is 5.76. The van der Waals surface area contributed by atoms with Crippen molar-refractivity contribution >= 4 is 11.7 Å². The van der Waals surface area contributed by atoms with Crippen molar-refractivity contribution in [2.24, 2.45) is 5.84 Å². The molecule has 7 nitrogen and oxygen atoms in total. The Balaban J connectivity index is 2.19. The van der Waals surface area contributed by atoms with Crippen LogP contribution in [0.25, 0.3) is 0 Å². The van der Waals surface area contributed by atoms with E-state index < -0.39 is 0 Å². The number of hydrazine groups is 2. The first-order chi connectivity index (χ1) is 9.90. The summed E-state index contributed by atoms with van der Waals surface area (Å²) in [6, 6.07) is 3.45. The number of carbonyl (C=O) groups is 1. The summed E-state index contributed by atoms with van der Waals surface area (Å²) in [5.41, 5.74) is 6.58. The Kier molecular flexibility index (Phi) is 4.76. The second kappa shape index (κ2) is 6.38. The molecule has 1 fully saturated rings. The minimum atomic E-state index is -0.166. The number of amides is 1. The first kappa shape index (κ1) is 15.7. The molecule has 116 valence electrons. The lowest BCUT2D eigenvalue weighted by atomic mass is 9.90. The maximum atomic E-state index is 12.4. The van der Waals surface area contributed by atoms with Crippen LogP contribution in [-0.2, 0) is 10.2 Å². The largest absolute Gasteiger partial charge is 0.379 e. The van der Waals surface area contributed by atoms with Crippen molar-refractivity contribution in [1.29, 1.82) is 0 Å². The van der Waals surface area contributed by atoms with Gasteiger partial charge in [-0.3, -0.25) is 10.2 Å². The number of nitrogens with zero attached hydrogens (tertiary/aromatic N) is 2. The molecule has 1 aromatic rings. The van der Waals surface area contributed by atoms with Crippen LogP contribution in [0.1, 0.15) is 36.8 Å². The quantitative estimate of drug-likeness (QED) is 0.559. The van der Waals surface area contributed by atoms with Gasteiger partial charge in [0.2, 0.25) is 0 Å². The third-order valence-electron chi connectivity index (χ3n) is 3.27. The average molecular weight is 293 g/mol. The van der Waals surface area contributed by atoms with Crippen molar-refractivity contribution in [3.8, 4) is 0 Å². The molecular weight excluding hydrogens is 270 g/mol. The maximum Gasteiger partial charge on any atom is 0.265 e. The Labute approximate surface area is 124 Å². The molecule has 0 bridgehead atoms. The summed E-state index contributed by atoms with van der Waals surface area (Å²) >= 11 is 0. The molecule has 0 atom stereocenters. The van der Waals surface area contributed by atoms with Crippen molar-refractivity contribution in [2.75, 3.05) is 31.7 Å². The summed E-state index contributed by atoms with van der Waals surface area (Å²) in [4.78, 5) is 16.8. The molecule has 2 rings (SSSR count). The Hall–Kier alpha value is -1.70. The van der Waals surface area contributed by atoms with Gasteiger partial charge in [0.25, 0.3) is 5.91 Å². The molecule has 0 spiro atoms. The first-order valence-corrected chi connectivity index (χ1v) is 7.03. The van der Waals surface area contributed by atoms with Crippen LogP contribution in [0.3, 0.4) is 0 Å². The minimum Gasteiger partial charge on any atom is -0.379 e. The predicted molar refractivity (Wildman–Crippen MR) is 80.6 cm³/mol. The van der Waals surface area contributed by atoms with E-state index in [4.69, 9.17) is 10.6 Å². The number of hydrogen-bond acceptors (Lipinski definition) is 6. The highest BCUT2D eigenvalue weighted by atomic mass is 16.5. The molecule has 7 heteroatoms. The second-order valence-corrected chi connectivity index (χ2v) is 6.06. The summed E-state index contributed by atoms with van der Waals surface area (Å²) in [5, 5.41) is 1.86. The van der Waals surface area contributed by atoms with Gasteiger partial charge < -0.3 is 10.2 Å². The molecule has 0 unspecified atom stereocenters. The van der Waals surface area contributed by atoms with E-state index in [1.807, 2.05) is 25.8 Å². The molecular formula is C14H23N5O2. The summed E-state index contributed by atoms with van der Waals surface area (Å²) < 4.78 is 5.26. The topological polar surface area (TPSA) is 92.5 Å². The van der Waals surface area contributed by atoms with Gasteiger partial charge in [0.1, 0.15) is 5.82 Å². The smallest absolute Gasteiger partial charge is 0.265 e. The van der Waals surface area contributed by atoms with Crippen molar-refractivity contribution < 1.29 is 9.53 Å². The number of nitrogens with one attached hydrogen (secondary N) is 2. The summed E-state index contributed by atoms with van der Waals surface area (Å²) in [7, 11) is 0. The van der Waals surface area contributed by atoms with Gasteiger partial charge in [0.15, 0.2) is 0 Å². The van der Waals surface area contributed by atoms with Gasteiger partial charge in [-0.2, -0.15) is 0 Å². The second-order valence-electron chi connectivity index (χ2n) is 6.06. The predicted octanol–water partition coefficient (Wildman–Crippen LogP) is 0.642. The van der Waals surface area contributed by atoms with Gasteiger partial charge in [-0.1, -0.05) is 20.8 Å². The van der Waals surface area contributed by atoms with E-state index in [9.17, 15) is 4.79 Å². The summed E-state index contributed by atoms with van der Waals surface area (Å²) in [6.45, 7) is 8.74. The van der Waals surface area contributed by atoms with Crippen molar-refractivity contribution in [2.45, 2.75) is 26.2 Å². The Bertz CT molecular complexity index is 507. The fraction of sp³-hybridized carbons (Fsp3) is 0.571. The van der Waals surface area contributed by atoms with Crippen molar-refractivity contribution in [3.05, 3.63) is 23.4 Å².